The van der Waals surface area contributed by atoms with E-state index in [2.05, 4.69) is 5.32 Å². The molecular weight excluding hydrogens is 230 g/mol. The Labute approximate surface area is 107 Å². The highest BCUT2D eigenvalue weighted by atomic mass is 16.5. The van der Waals surface area contributed by atoms with Crippen molar-refractivity contribution >= 4 is 5.91 Å². The minimum atomic E-state index is -0.314. The zero-order valence-electron chi connectivity index (χ0n) is 10.3. The molecule has 0 radical (unpaired) electrons. The molecule has 1 unspecified atom stereocenters. The van der Waals surface area contributed by atoms with Crippen molar-refractivity contribution in [2.75, 3.05) is 13.2 Å². The van der Waals surface area contributed by atoms with Gasteiger partial charge in [0.25, 0.3) is 5.91 Å². The molecule has 18 heavy (non-hydrogen) atoms. The number of benzene rings is 1. The molecule has 1 amide bonds. The maximum atomic E-state index is 11.2. The number of ether oxygens (including phenoxy) is 1. The number of nitrogens with zero attached hydrogens (tertiary/aromatic N) is 1. The van der Waals surface area contributed by atoms with Crippen LogP contribution in [-0.2, 0) is 4.79 Å². The first kappa shape index (κ1) is 14.0. The van der Waals surface area contributed by atoms with Crippen LogP contribution in [0.25, 0.3) is 0 Å². The monoisotopic (exact) mass is 247 g/mol. The van der Waals surface area contributed by atoms with Crippen LogP contribution in [-0.4, -0.2) is 19.1 Å². The van der Waals surface area contributed by atoms with Crippen molar-refractivity contribution in [3.8, 4) is 11.8 Å². The maximum absolute atomic E-state index is 11.2. The Morgan fingerprint density at radius 2 is 2.17 bits per heavy atom. The van der Waals surface area contributed by atoms with E-state index in [9.17, 15) is 4.79 Å². The SMILES string of the molecule is CCC(N)c1ccc(OCC(=O)NCC#N)cc1. The normalized spacial score (nSPS) is 11.4. The molecule has 1 rings (SSSR count). The van der Waals surface area contributed by atoms with E-state index in [0.717, 1.165) is 12.0 Å². The van der Waals surface area contributed by atoms with E-state index in [0.29, 0.717) is 5.75 Å². The third kappa shape index (κ3) is 4.44. The largest absolute Gasteiger partial charge is 0.484 e. The second kappa shape index (κ2) is 7.30. The molecule has 0 saturated heterocycles. The number of hydrogen-bond donors (Lipinski definition) is 2. The first-order chi connectivity index (χ1) is 8.67. The molecule has 5 heteroatoms. The molecule has 1 aromatic carbocycles. The Kier molecular flexibility index (Phi) is 5.68. The molecule has 0 fully saturated rings. The lowest BCUT2D eigenvalue weighted by molar-refractivity contribution is -0.122. The molecule has 0 aliphatic rings. The van der Waals surface area contributed by atoms with Gasteiger partial charge in [-0.3, -0.25) is 4.79 Å². The number of rotatable bonds is 6. The van der Waals surface area contributed by atoms with Crippen LogP contribution in [0.3, 0.4) is 0 Å². The van der Waals surface area contributed by atoms with Gasteiger partial charge in [-0.2, -0.15) is 5.26 Å². The molecule has 0 bridgehead atoms. The van der Waals surface area contributed by atoms with Crippen LogP contribution in [0.2, 0.25) is 0 Å². The van der Waals surface area contributed by atoms with Crippen molar-refractivity contribution in [2.45, 2.75) is 19.4 Å². The van der Waals surface area contributed by atoms with Crippen molar-refractivity contribution < 1.29 is 9.53 Å². The summed E-state index contributed by atoms with van der Waals surface area (Å²) in [6, 6.07) is 9.18. The van der Waals surface area contributed by atoms with Crippen molar-refractivity contribution in [3.63, 3.8) is 0 Å². The maximum Gasteiger partial charge on any atom is 0.258 e. The molecule has 0 saturated carbocycles. The van der Waals surface area contributed by atoms with E-state index in [1.54, 1.807) is 12.1 Å². The molecule has 5 nitrogen and oxygen atoms in total. The number of carbonyl (C=O) groups excluding carboxylic acids is 1. The number of nitriles is 1. The summed E-state index contributed by atoms with van der Waals surface area (Å²) in [6.07, 6.45) is 0.872. The van der Waals surface area contributed by atoms with Gasteiger partial charge >= 0.3 is 0 Å². The fraction of sp³-hybridized carbons (Fsp3) is 0.385. The van der Waals surface area contributed by atoms with Crippen LogP contribution >= 0.6 is 0 Å². The first-order valence-corrected chi connectivity index (χ1v) is 5.79. The van der Waals surface area contributed by atoms with Crippen LogP contribution in [0.15, 0.2) is 24.3 Å². The predicted molar refractivity (Wildman–Crippen MR) is 67.8 cm³/mol. The minimum absolute atomic E-state index is 0.00746. The smallest absolute Gasteiger partial charge is 0.258 e. The van der Waals surface area contributed by atoms with Crippen molar-refractivity contribution in [3.05, 3.63) is 29.8 Å². The molecular formula is C13H17N3O2. The molecule has 0 spiro atoms. The van der Waals surface area contributed by atoms with Gasteiger partial charge in [-0.05, 0) is 24.1 Å². The molecule has 0 aliphatic carbocycles. The highest BCUT2D eigenvalue weighted by Gasteiger charge is 2.04. The second-order valence-electron chi connectivity index (χ2n) is 3.81. The van der Waals surface area contributed by atoms with E-state index < -0.39 is 0 Å². The van der Waals surface area contributed by atoms with Crippen LogP contribution in [0, 0.1) is 11.3 Å². The fourth-order valence-electron chi connectivity index (χ4n) is 1.38. The van der Waals surface area contributed by atoms with E-state index in [1.165, 1.54) is 0 Å². The van der Waals surface area contributed by atoms with Crippen LogP contribution in [0.5, 0.6) is 5.75 Å². The second-order valence-corrected chi connectivity index (χ2v) is 3.81. The number of amides is 1. The molecule has 0 aromatic heterocycles. The van der Waals surface area contributed by atoms with Crippen molar-refractivity contribution in [2.24, 2.45) is 5.73 Å². The summed E-state index contributed by atoms with van der Waals surface area (Å²) in [5, 5.41) is 10.7. The summed E-state index contributed by atoms with van der Waals surface area (Å²) >= 11 is 0. The number of nitrogens with one attached hydrogen (secondary N) is 1. The zero-order chi connectivity index (χ0) is 13.4. The van der Waals surface area contributed by atoms with Gasteiger partial charge in [0.15, 0.2) is 6.61 Å². The van der Waals surface area contributed by atoms with E-state index in [4.69, 9.17) is 15.7 Å². The molecule has 1 aromatic rings. The van der Waals surface area contributed by atoms with Crippen LogP contribution in [0.4, 0.5) is 0 Å². The van der Waals surface area contributed by atoms with Gasteiger partial charge in [0.1, 0.15) is 12.3 Å². The van der Waals surface area contributed by atoms with Gasteiger partial charge in [0.2, 0.25) is 0 Å². The van der Waals surface area contributed by atoms with Crippen molar-refractivity contribution in [1.82, 2.24) is 5.32 Å². The molecule has 3 N–H and O–H groups in total. The highest BCUT2D eigenvalue weighted by molar-refractivity contribution is 5.77. The summed E-state index contributed by atoms with van der Waals surface area (Å²) in [4.78, 5) is 11.2. The van der Waals surface area contributed by atoms with E-state index in [-0.39, 0.29) is 25.1 Å². The Balaban J connectivity index is 2.44. The van der Waals surface area contributed by atoms with Crippen LogP contribution < -0.4 is 15.8 Å². The summed E-state index contributed by atoms with van der Waals surface area (Å²) < 4.78 is 5.27. The average molecular weight is 247 g/mol. The van der Waals surface area contributed by atoms with Gasteiger partial charge in [-0.15, -0.1) is 0 Å². The molecule has 0 aliphatic heterocycles. The van der Waals surface area contributed by atoms with Crippen molar-refractivity contribution in [1.29, 1.82) is 5.26 Å². The van der Waals surface area contributed by atoms with Gasteiger partial charge in [-0.25, -0.2) is 0 Å². The molecule has 96 valence electrons. The fourth-order valence-corrected chi connectivity index (χ4v) is 1.38. The van der Waals surface area contributed by atoms with Gasteiger partial charge in [0.05, 0.1) is 6.07 Å². The predicted octanol–water partition coefficient (Wildman–Crippen LogP) is 1.11. The first-order valence-electron chi connectivity index (χ1n) is 5.79. The Morgan fingerprint density at radius 1 is 1.50 bits per heavy atom. The number of nitrogens with two attached hydrogens (primary N) is 1. The summed E-state index contributed by atoms with van der Waals surface area (Å²) in [7, 11) is 0. The Hall–Kier alpha value is -2.06. The molecule has 0 heterocycles. The van der Waals surface area contributed by atoms with E-state index in [1.807, 2.05) is 25.1 Å². The lowest BCUT2D eigenvalue weighted by Gasteiger charge is -2.10. The number of hydrogen-bond acceptors (Lipinski definition) is 4. The lowest BCUT2D eigenvalue weighted by atomic mass is 10.1. The lowest BCUT2D eigenvalue weighted by Crippen LogP contribution is -2.29. The minimum Gasteiger partial charge on any atom is -0.484 e. The average Bonchev–Trinajstić information content (AvgIpc) is 2.42. The summed E-state index contributed by atoms with van der Waals surface area (Å²) in [5.74, 6) is 0.292. The van der Waals surface area contributed by atoms with Gasteiger partial charge in [-0.1, -0.05) is 19.1 Å². The van der Waals surface area contributed by atoms with E-state index >= 15 is 0 Å². The van der Waals surface area contributed by atoms with Gasteiger partial charge in [0, 0.05) is 6.04 Å². The zero-order valence-corrected chi connectivity index (χ0v) is 10.3. The quantitative estimate of drug-likeness (QED) is 0.737. The third-order valence-corrected chi connectivity index (χ3v) is 2.48. The topological polar surface area (TPSA) is 88.1 Å². The van der Waals surface area contributed by atoms with Crippen LogP contribution in [0.1, 0.15) is 24.9 Å². The third-order valence-electron chi connectivity index (χ3n) is 2.48. The number of carbonyl (C=O) groups is 1. The Morgan fingerprint density at radius 3 is 2.72 bits per heavy atom. The standard InChI is InChI=1S/C13H17N3O2/c1-2-12(15)10-3-5-11(6-4-10)18-9-13(17)16-8-7-14/h3-6,12H,2,8-9,15H2,1H3,(H,16,17). The van der Waals surface area contributed by atoms with Gasteiger partial charge < -0.3 is 15.8 Å². The highest BCUT2D eigenvalue weighted by Crippen LogP contribution is 2.18. The molecule has 1 atom stereocenters. The Bertz CT molecular complexity index is 423. The summed E-state index contributed by atoms with van der Waals surface area (Å²) in [5.41, 5.74) is 6.93. The summed E-state index contributed by atoms with van der Waals surface area (Å²) in [6.45, 7) is 1.92.